The lowest BCUT2D eigenvalue weighted by Crippen LogP contribution is -2.42. The van der Waals surface area contributed by atoms with Crippen molar-refractivity contribution in [1.29, 1.82) is 0 Å². The summed E-state index contributed by atoms with van der Waals surface area (Å²) in [5.41, 5.74) is 3.01. The summed E-state index contributed by atoms with van der Waals surface area (Å²) >= 11 is 1.53. The van der Waals surface area contributed by atoms with Gasteiger partial charge in [0.2, 0.25) is 0 Å². The first-order valence-electron chi connectivity index (χ1n) is 8.98. The molecular weight excluding hydrogens is 360 g/mol. The molecule has 1 N–H and O–H groups in total. The molecule has 4 rings (SSSR count). The van der Waals surface area contributed by atoms with Crippen LogP contribution in [0.1, 0.15) is 37.6 Å². The second-order valence-electron chi connectivity index (χ2n) is 7.89. The fraction of sp³-hybridized carbons (Fsp3) is 0.333. The number of nitrogens with zero attached hydrogens (tertiary/aromatic N) is 1. The number of carboxylic acids is 1. The van der Waals surface area contributed by atoms with Crippen molar-refractivity contribution in [2.24, 2.45) is 5.41 Å². The Bertz CT molecular complexity index is 931. The Balaban J connectivity index is 1.96. The molecule has 1 atom stereocenters. The molecule has 0 spiro atoms. The molecule has 0 bridgehead atoms. The summed E-state index contributed by atoms with van der Waals surface area (Å²) in [5, 5.41) is 17.0. The number of aliphatic carboxylic acids is 1. The number of rotatable bonds is 3. The summed E-state index contributed by atoms with van der Waals surface area (Å²) in [6, 6.07) is 11.1. The fourth-order valence-electron chi connectivity index (χ4n) is 4.11. The highest BCUT2D eigenvalue weighted by Gasteiger charge is 2.41. The first-order chi connectivity index (χ1) is 12.9. The summed E-state index contributed by atoms with van der Waals surface area (Å²) in [4.78, 5) is 27.5. The molecule has 1 aliphatic carbocycles. The summed E-state index contributed by atoms with van der Waals surface area (Å²) in [6.45, 7) is 3.90. The number of fused-ring (bicyclic) bond motifs is 1. The third-order valence-electron chi connectivity index (χ3n) is 5.12. The van der Waals surface area contributed by atoms with Crippen LogP contribution in [-0.2, 0) is 9.59 Å². The molecule has 0 saturated carbocycles. The van der Waals surface area contributed by atoms with Crippen molar-refractivity contribution in [1.82, 2.24) is 0 Å². The highest BCUT2D eigenvalue weighted by atomic mass is 32.1. The van der Waals surface area contributed by atoms with Crippen LogP contribution in [0.5, 0.6) is 0 Å². The van der Waals surface area contributed by atoms with E-state index in [4.69, 9.17) is 0 Å². The Kier molecular flexibility index (Phi) is 4.30. The number of allylic oxidation sites excluding steroid dienone is 1. The maximum Gasteiger partial charge on any atom is 0.163 e. The molecule has 6 heteroatoms. The van der Waals surface area contributed by atoms with E-state index in [1.807, 2.05) is 41.8 Å². The SMILES string of the molecule is CC1(C)CC(=O)C2=C(C1)Nc1ccccc1N(CC(=O)[O-])[C@@H]2c1cccs1. The standard InChI is InChI=1S/C21H22N2O3S/c1-21(2)10-14-19(16(24)11-21)20(17-8-5-9-27-17)23(12-18(25)26)15-7-4-3-6-13(15)22-14/h3-9,20,22H,10-12H2,1-2H3,(H,25,26)/p-1/t20-/m1/s1. The first kappa shape index (κ1) is 17.8. The van der Waals surface area contributed by atoms with Gasteiger partial charge in [-0.2, -0.15) is 0 Å². The number of carbonyl (C=O) groups is 2. The smallest absolute Gasteiger partial charge is 0.163 e. The van der Waals surface area contributed by atoms with Crippen LogP contribution in [0, 0.1) is 5.41 Å². The molecule has 1 aromatic heterocycles. The normalized spacial score (nSPS) is 21.2. The monoisotopic (exact) mass is 381 g/mol. The molecule has 0 fully saturated rings. The van der Waals surface area contributed by atoms with E-state index in [9.17, 15) is 14.7 Å². The number of ketones is 1. The van der Waals surface area contributed by atoms with Crippen molar-refractivity contribution < 1.29 is 14.7 Å². The highest BCUT2D eigenvalue weighted by Crippen LogP contribution is 2.48. The molecule has 0 saturated heterocycles. The van der Waals surface area contributed by atoms with Gasteiger partial charge in [-0.3, -0.25) is 4.79 Å². The van der Waals surface area contributed by atoms with E-state index < -0.39 is 12.0 Å². The van der Waals surface area contributed by atoms with Gasteiger partial charge in [0.15, 0.2) is 5.78 Å². The zero-order valence-electron chi connectivity index (χ0n) is 15.3. The lowest BCUT2D eigenvalue weighted by Gasteiger charge is -2.37. The summed E-state index contributed by atoms with van der Waals surface area (Å²) < 4.78 is 0. The molecule has 5 nitrogen and oxygen atoms in total. The van der Waals surface area contributed by atoms with Crippen LogP contribution >= 0.6 is 11.3 Å². The molecule has 0 amide bonds. The Morgan fingerprint density at radius 2 is 2.04 bits per heavy atom. The van der Waals surface area contributed by atoms with Crippen molar-refractivity contribution >= 4 is 34.5 Å². The number of carboxylic acid groups (broad SMARTS) is 1. The average Bonchev–Trinajstić information content (AvgIpc) is 3.06. The maximum absolute atomic E-state index is 13.2. The Morgan fingerprint density at radius 3 is 2.74 bits per heavy atom. The summed E-state index contributed by atoms with van der Waals surface area (Å²) in [5.74, 6) is -1.10. The largest absolute Gasteiger partial charge is 0.548 e. The van der Waals surface area contributed by atoms with Gasteiger partial charge in [-0.1, -0.05) is 32.0 Å². The van der Waals surface area contributed by atoms with Crippen LogP contribution in [0.2, 0.25) is 0 Å². The van der Waals surface area contributed by atoms with Crippen LogP contribution < -0.4 is 15.3 Å². The van der Waals surface area contributed by atoms with Crippen molar-refractivity contribution in [2.45, 2.75) is 32.7 Å². The number of hydrogen-bond donors (Lipinski definition) is 1. The number of thiophene rings is 1. The van der Waals surface area contributed by atoms with Gasteiger partial charge in [0.1, 0.15) is 0 Å². The van der Waals surface area contributed by atoms with Crippen LogP contribution in [0.15, 0.2) is 53.0 Å². The third kappa shape index (κ3) is 3.25. The zero-order chi connectivity index (χ0) is 19.2. The van der Waals surface area contributed by atoms with Crippen LogP contribution in [-0.4, -0.2) is 18.3 Å². The number of hydrogen-bond acceptors (Lipinski definition) is 6. The number of para-hydroxylation sites is 2. The third-order valence-corrected chi connectivity index (χ3v) is 6.04. The quantitative estimate of drug-likeness (QED) is 0.884. The van der Waals surface area contributed by atoms with Crippen LogP contribution in [0.3, 0.4) is 0 Å². The molecule has 1 aliphatic heterocycles. The Labute approximate surface area is 162 Å². The number of anilines is 2. The van der Waals surface area contributed by atoms with Gasteiger partial charge < -0.3 is 20.1 Å². The summed E-state index contributed by atoms with van der Waals surface area (Å²) in [7, 11) is 0. The van der Waals surface area contributed by atoms with E-state index in [1.54, 1.807) is 4.90 Å². The van der Waals surface area contributed by atoms with Gasteiger partial charge in [-0.25, -0.2) is 0 Å². The maximum atomic E-state index is 13.2. The molecule has 140 valence electrons. The van der Waals surface area contributed by atoms with Gasteiger partial charge in [-0.05, 0) is 35.4 Å². The van der Waals surface area contributed by atoms with E-state index in [2.05, 4.69) is 19.2 Å². The van der Waals surface area contributed by atoms with Gasteiger partial charge >= 0.3 is 0 Å². The van der Waals surface area contributed by atoms with Crippen LogP contribution in [0.4, 0.5) is 11.4 Å². The van der Waals surface area contributed by atoms with Crippen molar-refractivity contribution in [3.05, 3.63) is 57.9 Å². The molecule has 2 aliphatic rings. The topological polar surface area (TPSA) is 72.5 Å². The minimum absolute atomic E-state index is 0.0725. The van der Waals surface area contributed by atoms with Gasteiger partial charge in [0.25, 0.3) is 0 Å². The fourth-order valence-corrected chi connectivity index (χ4v) is 4.95. The summed E-state index contributed by atoms with van der Waals surface area (Å²) in [6.07, 6.45) is 1.19. The number of carbonyl (C=O) groups excluding carboxylic acids is 2. The predicted octanol–water partition coefficient (Wildman–Crippen LogP) is 3.11. The van der Waals surface area contributed by atoms with Gasteiger partial charge in [-0.15, -0.1) is 11.3 Å². The zero-order valence-corrected chi connectivity index (χ0v) is 16.1. The molecule has 2 aromatic rings. The second kappa shape index (κ2) is 6.53. The van der Waals surface area contributed by atoms with E-state index in [0.29, 0.717) is 12.0 Å². The molecule has 0 unspecified atom stereocenters. The molecule has 1 aromatic carbocycles. The first-order valence-corrected chi connectivity index (χ1v) is 9.86. The van der Waals surface area contributed by atoms with E-state index in [0.717, 1.165) is 28.4 Å². The molecule has 27 heavy (non-hydrogen) atoms. The van der Waals surface area contributed by atoms with Crippen LogP contribution in [0.25, 0.3) is 0 Å². The van der Waals surface area contributed by atoms with Crippen molar-refractivity contribution in [3.8, 4) is 0 Å². The number of nitrogens with one attached hydrogen (secondary N) is 1. The highest BCUT2D eigenvalue weighted by molar-refractivity contribution is 7.10. The van der Waals surface area contributed by atoms with Crippen molar-refractivity contribution in [3.63, 3.8) is 0 Å². The predicted molar refractivity (Wildman–Crippen MR) is 105 cm³/mol. The average molecular weight is 381 g/mol. The van der Waals surface area contributed by atoms with Gasteiger partial charge in [0.05, 0.1) is 29.9 Å². The van der Waals surface area contributed by atoms with E-state index in [-0.39, 0.29) is 17.7 Å². The lowest BCUT2D eigenvalue weighted by molar-refractivity contribution is -0.303. The lowest BCUT2D eigenvalue weighted by atomic mass is 9.74. The molecular formula is C21H21N2O3S-. The van der Waals surface area contributed by atoms with Gasteiger partial charge in [0, 0.05) is 22.6 Å². The Hall–Kier alpha value is -2.60. The minimum atomic E-state index is -1.17. The molecule has 2 heterocycles. The van der Waals surface area contributed by atoms with Crippen molar-refractivity contribution in [2.75, 3.05) is 16.8 Å². The second-order valence-corrected chi connectivity index (χ2v) is 8.87. The molecule has 0 radical (unpaired) electrons. The number of Topliss-reactive ketones (excluding diaryl/α,β-unsaturated/α-hetero) is 1. The number of benzene rings is 1. The minimum Gasteiger partial charge on any atom is -0.548 e. The van der Waals surface area contributed by atoms with E-state index in [1.165, 1.54) is 11.3 Å². The van der Waals surface area contributed by atoms with E-state index >= 15 is 0 Å². The Morgan fingerprint density at radius 1 is 1.26 bits per heavy atom.